The van der Waals surface area contributed by atoms with Gasteiger partial charge in [-0.25, -0.2) is 4.98 Å². The van der Waals surface area contributed by atoms with Crippen LogP contribution in [-0.4, -0.2) is 17.1 Å². The average molecular weight is 262 g/mol. The molecule has 0 unspecified atom stereocenters. The molecule has 1 fully saturated rings. The van der Waals surface area contributed by atoms with Gasteiger partial charge in [-0.05, 0) is 35.2 Å². The van der Waals surface area contributed by atoms with E-state index in [4.69, 9.17) is 5.73 Å². The van der Waals surface area contributed by atoms with E-state index in [9.17, 15) is 0 Å². The lowest BCUT2D eigenvalue weighted by Gasteiger charge is -2.38. The second-order valence-electron chi connectivity index (χ2n) is 3.54. The predicted molar refractivity (Wildman–Crippen MR) is 59.1 cm³/mol. The van der Waals surface area contributed by atoms with E-state index in [0.717, 1.165) is 29.1 Å². The molecule has 3 nitrogen and oxygen atoms in total. The number of rotatable bonds is 3. The predicted octanol–water partition coefficient (Wildman–Crippen LogP) is 2.20. The zero-order valence-electron chi connectivity index (χ0n) is 7.22. The van der Waals surface area contributed by atoms with Crippen molar-refractivity contribution < 1.29 is 0 Å². The Bertz CT molecular complexity index is 295. The number of hydrogen-bond acceptors (Lipinski definition) is 4. The van der Waals surface area contributed by atoms with E-state index < -0.39 is 0 Å². The first-order valence-corrected chi connectivity index (χ1v) is 5.99. The van der Waals surface area contributed by atoms with Crippen molar-refractivity contribution in [3.05, 3.63) is 9.98 Å². The van der Waals surface area contributed by atoms with Crippen LogP contribution in [0.25, 0.3) is 0 Å². The Labute approximate surface area is 89.9 Å². The fourth-order valence-electron chi connectivity index (χ4n) is 1.39. The molecule has 72 valence electrons. The van der Waals surface area contributed by atoms with Crippen molar-refractivity contribution in [2.45, 2.75) is 24.8 Å². The topological polar surface area (TPSA) is 50.9 Å². The summed E-state index contributed by atoms with van der Waals surface area (Å²) in [5.74, 6) is 0. The Balaban J connectivity index is 1.85. The van der Waals surface area contributed by atoms with Crippen LogP contribution in [0.3, 0.4) is 0 Å². The van der Waals surface area contributed by atoms with Crippen LogP contribution in [0.4, 0.5) is 5.13 Å². The molecule has 1 aliphatic carbocycles. The van der Waals surface area contributed by atoms with Gasteiger partial charge in [0.25, 0.3) is 0 Å². The number of anilines is 1. The summed E-state index contributed by atoms with van der Waals surface area (Å²) in [4.78, 5) is 4.24. The quantitative estimate of drug-likeness (QED) is 0.878. The lowest BCUT2D eigenvalue weighted by atomic mass is 9.78. The van der Waals surface area contributed by atoms with Crippen molar-refractivity contribution in [2.75, 3.05) is 11.9 Å². The van der Waals surface area contributed by atoms with Gasteiger partial charge < -0.3 is 11.1 Å². The lowest BCUT2D eigenvalue weighted by molar-refractivity contribution is 0.265. The molecule has 0 saturated heterocycles. The van der Waals surface area contributed by atoms with Crippen LogP contribution in [0.2, 0.25) is 0 Å². The number of aromatic nitrogens is 1. The average Bonchev–Trinajstić information content (AvgIpc) is 2.44. The molecule has 0 bridgehead atoms. The van der Waals surface area contributed by atoms with Gasteiger partial charge in [-0.2, -0.15) is 0 Å². The molecule has 0 atom stereocenters. The molecule has 0 aromatic carbocycles. The Morgan fingerprint density at radius 2 is 2.46 bits per heavy atom. The van der Waals surface area contributed by atoms with Gasteiger partial charge in [0.1, 0.15) is 4.60 Å². The van der Waals surface area contributed by atoms with Crippen molar-refractivity contribution in [1.29, 1.82) is 0 Å². The third-order valence-corrected chi connectivity index (χ3v) is 3.93. The summed E-state index contributed by atoms with van der Waals surface area (Å²) in [6.45, 7) is 0.840. The minimum atomic E-state index is 0.0259. The number of halogens is 1. The van der Waals surface area contributed by atoms with E-state index >= 15 is 0 Å². The minimum Gasteiger partial charge on any atom is -0.360 e. The third-order valence-electron chi connectivity index (χ3n) is 2.42. The number of hydrogen-bond donors (Lipinski definition) is 2. The molecule has 0 amide bonds. The maximum atomic E-state index is 6.06. The summed E-state index contributed by atoms with van der Waals surface area (Å²) in [5.41, 5.74) is 6.09. The van der Waals surface area contributed by atoms with E-state index in [1.54, 1.807) is 11.3 Å². The molecule has 0 aliphatic heterocycles. The van der Waals surface area contributed by atoms with E-state index in [0.29, 0.717) is 0 Å². The van der Waals surface area contributed by atoms with Gasteiger partial charge in [0.05, 0.1) is 0 Å². The molecule has 1 aromatic rings. The Kier molecular flexibility index (Phi) is 2.58. The van der Waals surface area contributed by atoms with Crippen LogP contribution in [0.1, 0.15) is 19.3 Å². The molecular formula is C8H12BrN3S. The molecule has 1 aromatic heterocycles. The largest absolute Gasteiger partial charge is 0.360 e. The number of nitrogens with one attached hydrogen (secondary N) is 1. The molecule has 1 saturated carbocycles. The van der Waals surface area contributed by atoms with Crippen LogP contribution in [0, 0.1) is 0 Å². The zero-order valence-corrected chi connectivity index (χ0v) is 9.62. The van der Waals surface area contributed by atoms with Crippen LogP contribution in [-0.2, 0) is 0 Å². The van der Waals surface area contributed by atoms with Gasteiger partial charge in [0.2, 0.25) is 0 Å². The van der Waals surface area contributed by atoms with Crippen molar-refractivity contribution in [2.24, 2.45) is 5.73 Å². The van der Waals surface area contributed by atoms with E-state index in [-0.39, 0.29) is 5.54 Å². The van der Waals surface area contributed by atoms with Gasteiger partial charge in [0.15, 0.2) is 5.13 Å². The molecular weight excluding hydrogens is 250 g/mol. The zero-order chi connectivity index (χ0) is 9.31. The van der Waals surface area contributed by atoms with Crippen LogP contribution < -0.4 is 11.1 Å². The molecule has 2 rings (SSSR count). The molecule has 0 spiro atoms. The fourth-order valence-corrected chi connectivity index (χ4v) is 2.54. The smallest absolute Gasteiger partial charge is 0.183 e. The summed E-state index contributed by atoms with van der Waals surface area (Å²) in [6, 6.07) is 0. The number of thiazole rings is 1. The summed E-state index contributed by atoms with van der Waals surface area (Å²) in [6.07, 6.45) is 3.53. The van der Waals surface area contributed by atoms with E-state index in [1.165, 1.54) is 6.42 Å². The summed E-state index contributed by atoms with van der Waals surface area (Å²) in [7, 11) is 0. The van der Waals surface area contributed by atoms with Gasteiger partial charge in [-0.15, -0.1) is 11.3 Å². The number of nitrogens with zero attached hydrogens (tertiary/aromatic N) is 1. The van der Waals surface area contributed by atoms with E-state index in [1.807, 2.05) is 5.38 Å². The van der Waals surface area contributed by atoms with Crippen molar-refractivity contribution >= 4 is 32.4 Å². The second-order valence-corrected chi connectivity index (χ2v) is 5.22. The van der Waals surface area contributed by atoms with Crippen molar-refractivity contribution in [1.82, 2.24) is 4.98 Å². The van der Waals surface area contributed by atoms with Crippen LogP contribution in [0.15, 0.2) is 9.98 Å². The molecule has 5 heteroatoms. The SMILES string of the molecule is NC1(CNc2nc(Br)cs2)CCC1. The fraction of sp³-hybridized carbons (Fsp3) is 0.625. The Morgan fingerprint density at radius 3 is 2.92 bits per heavy atom. The van der Waals surface area contributed by atoms with Gasteiger partial charge in [0, 0.05) is 17.5 Å². The standard InChI is InChI=1S/C8H12BrN3S/c9-6-4-13-7(12-6)11-5-8(10)2-1-3-8/h4H,1-3,5,10H2,(H,11,12). The van der Waals surface area contributed by atoms with Crippen LogP contribution in [0.5, 0.6) is 0 Å². The molecule has 13 heavy (non-hydrogen) atoms. The normalized spacial score (nSPS) is 19.5. The highest BCUT2D eigenvalue weighted by molar-refractivity contribution is 9.10. The number of nitrogens with two attached hydrogens (primary N) is 1. The minimum absolute atomic E-state index is 0.0259. The van der Waals surface area contributed by atoms with Gasteiger partial charge >= 0.3 is 0 Å². The molecule has 1 heterocycles. The Hall–Kier alpha value is -0.130. The Morgan fingerprint density at radius 1 is 1.69 bits per heavy atom. The second kappa shape index (κ2) is 3.55. The van der Waals surface area contributed by atoms with Gasteiger partial charge in [-0.3, -0.25) is 0 Å². The molecule has 1 aliphatic rings. The van der Waals surface area contributed by atoms with E-state index in [2.05, 4.69) is 26.2 Å². The monoisotopic (exact) mass is 261 g/mol. The van der Waals surface area contributed by atoms with Crippen LogP contribution >= 0.6 is 27.3 Å². The molecule has 3 N–H and O–H groups in total. The van der Waals surface area contributed by atoms with Gasteiger partial charge in [-0.1, -0.05) is 0 Å². The summed E-state index contributed by atoms with van der Waals surface area (Å²) in [5, 5.41) is 6.17. The lowest BCUT2D eigenvalue weighted by Crippen LogP contribution is -2.51. The summed E-state index contributed by atoms with van der Waals surface area (Å²) < 4.78 is 0.889. The maximum Gasteiger partial charge on any atom is 0.183 e. The first-order chi connectivity index (χ1) is 6.18. The first-order valence-electron chi connectivity index (χ1n) is 4.32. The third kappa shape index (κ3) is 2.21. The highest BCUT2D eigenvalue weighted by atomic mass is 79.9. The first kappa shape index (κ1) is 9.43. The molecule has 0 radical (unpaired) electrons. The van der Waals surface area contributed by atoms with Crippen molar-refractivity contribution in [3.63, 3.8) is 0 Å². The van der Waals surface area contributed by atoms with Crippen molar-refractivity contribution in [3.8, 4) is 0 Å². The highest BCUT2D eigenvalue weighted by Gasteiger charge is 2.32. The highest BCUT2D eigenvalue weighted by Crippen LogP contribution is 2.29. The summed E-state index contributed by atoms with van der Waals surface area (Å²) >= 11 is 4.91. The maximum absolute atomic E-state index is 6.06.